The molecule has 0 saturated heterocycles. The summed E-state index contributed by atoms with van der Waals surface area (Å²) in [6, 6.07) is 62.4. The number of hydrogen-bond acceptors (Lipinski definition) is 2. The molecule has 0 aliphatic carbocycles. The van der Waals surface area contributed by atoms with Gasteiger partial charge in [0.25, 0.3) is 0 Å². The number of imidazole rings is 1. The van der Waals surface area contributed by atoms with Crippen LogP contribution in [0.25, 0.3) is 94.3 Å². The third kappa shape index (κ3) is 4.15. The molecular weight excluding hydrogens is 623 g/mol. The summed E-state index contributed by atoms with van der Waals surface area (Å²) in [7, 11) is 0. The molecule has 5 heteroatoms. The van der Waals surface area contributed by atoms with E-state index in [-0.39, 0.29) is 0 Å². The van der Waals surface area contributed by atoms with Crippen molar-refractivity contribution >= 4 is 60.3 Å². The molecule has 0 radical (unpaired) electrons. The van der Waals surface area contributed by atoms with Crippen LogP contribution in [-0.2, 0) is 0 Å². The topological polar surface area (TPSA) is 40.0 Å². The minimum Gasteiger partial charge on any atom is -0.309 e. The van der Waals surface area contributed by atoms with Crippen LogP contribution in [0.3, 0.4) is 0 Å². The molecule has 0 fully saturated rings. The van der Waals surface area contributed by atoms with Gasteiger partial charge in [0, 0.05) is 32.8 Å². The van der Waals surface area contributed by atoms with Crippen molar-refractivity contribution in [3.63, 3.8) is 0 Å². The summed E-state index contributed by atoms with van der Waals surface area (Å²) in [5.74, 6) is 0.646. The second-order valence-corrected chi connectivity index (χ2v) is 13.1. The Bertz CT molecular complexity index is 3070. The van der Waals surface area contributed by atoms with Crippen molar-refractivity contribution in [2.45, 2.75) is 0 Å². The van der Waals surface area contributed by atoms with Crippen molar-refractivity contribution in [3.05, 3.63) is 176 Å². The molecule has 51 heavy (non-hydrogen) atoms. The van der Waals surface area contributed by atoms with E-state index in [1.807, 2.05) is 12.1 Å². The number of rotatable bonds is 4. The molecule has 11 aromatic rings. The van der Waals surface area contributed by atoms with Gasteiger partial charge in [-0.2, -0.15) is 0 Å². The van der Waals surface area contributed by atoms with Gasteiger partial charge in [-0.05, 0) is 59.7 Å². The molecule has 0 bridgehead atoms. The van der Waals surface area contributed by atoms with Gasteiger partial charge in [0.15, 0.2) is 0 Å². The number of hydrogen-bond donors (Lipinski definition) is 0. The van der Waals surface area contributed by atoms with E-state index in [9.17, 15) is 0 Å². The summed E-state index contributed by atoms with van der Waals surface area (Å²) in [5, 5.41) is 4.69. The normalized spacial score (nSPS) is 11.9. The van der Waals surface area contributed by atoms with E-state index in [1.54, 1.807) is 0 Å². The lowest BCUT2D eigenvalue weighted by Crippen LogP contribution is -2.03. The molecule has 0 saturated carbocycles. The minimum absolute atomic E-state index is 0.646. The maximum absolute atomic E-state index is 5.35. The summed E-state index contributed by atoms with van der Waals surface area (Å²) >= 11 is 0. The first-order valence-corrected chi connectivity index (χ1v) is 17.3. The highest BCUT2D eigenvalue weighted by molar-refractivity contribution is 6.09. The number of nitrogens with zero attached hydrogens (tertiary/aromatic N) is 5. The van der Waals surface area contributed by atoms with E-state index < -0.39 is 0 Å². The summed E-state index contributed by atoms with van der Waals surface area (Å²) in [6.07, 6.45) is 0. The Morgan fingerprint density at radius 2 is 0.961 bits per heavy atom. The monoisotopic (exact) mass is 651 g/mol. The number of benzene rings is 7. The molecular formula is C46H29N5. The molecule has 4 heterocycles. The third-order valence-corrected chi connectivity index (χ3v) is 10.3. The lowest BCUT2D eigenvalue weighted by Gasteiger charge is -2.11. The Hall–Kier alpha value is -6.98. The Kier molecular flexibility index (Phi) is 5.89. The van der Waals surface area contributed by atoms with E-state index >= 15 is 0 Å². The minimum atomic E-state index is 0.646. The van der Waals surface area contributed by atoms with Crippen molar-refractivity contribution in [1.82, 2.24) is 23.5 Å². The Balaban J connectivity index is 1.14. The van der Waals surface area contributed by atoms with Gasteiger partial charge in [-0.1, -0.05) is 127 Å². The second kappa shape index (κ2) is 10.8. The van der Waals surface area contributed by atoms with Crippen LogP contribution < -0.4 is 0 Å². The summed E-state index contributed by atoms with van der Waals surface area (Å²) < 4.78 is 6.95. The van der Waals surface area contributed by atoms with Crippen LogP contribution in [0, 0.1) is 0 Å². The standard InChI is InChI=1S/C46H29N5/c1-2-12-30(13-3-1)31-22-24-32(25-23-31)45-37-16-4-7-17-38(37)47-46(48-45)51-42-21-11-10-20-41(42)50-43-29-34(27-26-33(43)28-44(50)51)49-39-18-8-5-14-35(39)36-15-6-9-19-40(36)49/h1-29H. The maximum atomic E-state index is 5.35. The molecule has 4 aromatic heterocycles. The first-order chi connectivity index (χ1) is 25.3. The van der Waals surface area contributed by atoms with Gasteiger partial charge in [-0.15, -0.1) is 0 Å². The summed E-state index contributed by atoms with van der Waals surface area (Å²) in [4.78, 5) is 10.5. The molecule has 238 valence electrons. The Morgan fingerprint density at radius 3 is 1.71 bits per heavy atom. The lowest BCUT2D eigenvalue weighted by atomic mass is 10.0. The van der Waals surface area contributed by atoms with Crippen LogP contribution in [0.5, 0.6) is 0 Å². The van der Waals surface area contributed by atoms with Gasteiger partial charge in [-0.25, -0.2) is 9.97 Å². The zero-order valence-electron chi connectivity index (χ0n) is 27.5. The molecule has 0 aliphatic heterocycles. The Morgan fingerprint density at radius 1 is 0.373 bits per heavy atom. The van der Waals surface area contributed by atoms with Crippen LogP contribution in [0.2, 0.25) is 0 Å². The van der Waals surface area contributed by atoms with Gasteiger partial charge in [0.2, 0.25) is 5.95 Å². The van der Waals surface area contributed by atoms with Crippen LogP contribution in [0.15, 0.2) is 176 Å². The molecule has 0 atom stereocenters. The van der Waals surface area contributed by atoms with E-state index in [1.165, 1.54) is 32.9 Å². The van der Waals surface area contributed by atoms with E-state index in [2.05, 4.69) is 177 Å². The molecule has 0 unspecified atom stereocenters. The number of para-hydroxylation sites is 5. The second-order valence-electron chi connectivity index (χ2n) is 13.1. The molecule has 0 N–H and O–H groups in total. The van der Waals surface area contributed by atoms with E-state index in [0.29, 0.717) is 5.95 Å². The van der Waals surface area contributed by atoms with Gasteiger partial charge < -0.3 is 4.57 Å². The fourth-order valence-corrected chi connectivity index (χ4v) is 7.94. The third-order valence-electron chi connectivity index (χ3n) is 10.3. The molecule has 7 aromatic carbocycles. The summed E-state index contributed by atoms with van der Waals surface area (Å²) in [6.45, 7) is 0. The summed E-state index contributed by atoms with van der Waals surface area (Å²) in [5.41, 5.74) is 13.1. The maximum Gasteiger partial charge on any atom is 0.237 e. The van der Waals surface area contributed by atoms with Crippen LogP contribution in [-0.4, -0.2) is 23.5 Å². The van der Waals surface area contributed by atoms with Gasteiger partial charge >= 0.3 is 0 Å². The number of fused-ring (bicyclic) bond motifs is 9. The van der Waals surface area contributed by atoms with Crippen LogP contribution >= 0.6 is 0 Å². The number of aromatic nitrogens is 5. The van der Waals surface area contributed by atoms with E-state index in [4.69, 9.17) is 9.97 Å². The van der Waals surface area contributed by atoms with Crippen LogP contribution in [0.1, 0.15) is 0 Å². The highest BCUT2D eigenvalue weighted by Gasteiger charge is 2.20. The van der Waals surface area contributed by atoms with Crippen molar-refractivity contribution < 1.29 is 0 Å². The van der Waals surface area contributed by atoms with Gasteiger partial charge in [-0.3, -0.25) is 8.97 Å². The first kappa shape index (κ1) is 27.9. The predicted octanol–water partition coefficient (Wildman–Crippen LogP) is 11.4. The zero-order valence-corrected chi connectivity index (χ0v) is 27.5. The van der Waals surface area contributed by atoms with Crippen LogP contribution in [0.4, 0.5) is 0 Å². The average molecular weight is 652 g/mol. The van der Waals surface area contributed by atoms with E-state index in [0.717, 1.165) is 55.4 Å². The molecule has 11 rings (SSSR count). The lowest BCUT2D eigenvalue weighted by molar-refractivity contribution is 1.00. The molecule has 0 spiro atoms. The fraction of sp³-hybridized carbons (Fsp3) is 0. The first-order valence-electron chi connectivity index (χ1n) is 17.3. The van der Waals surface area contributed by atoms with Gasteiger partial charge in [0.05, 0.1) is 38.8 Å². The molecule has 0 aliphatic rings. The molecule has 0 amide bonds. The van der Waals surface area contributed by atoms with Crippen molar-refractivity contribution in [2.75, 3.05) is 0 Å². The quantitative estimate of drug-likeness (QED) is 0.190. The Labute approximate surface area is 292 Å². The smallest absolute Gasteiger partial charge is 0.237 e. The van der Waals surface area contributed by atoms with Crippen molar-refractivity contribution in [1.29, 1.82) is 0 Å². The predicted molar refractivity (Wildman–Crippen MR) is 210 cm³/mol. The van der Waals surface area contributed by atoms with Crippen molar-refractivity contribution in [2.24, 2.45) is 0 Å². The highest BCUT2D eigenvalue weighted by Crippen LogP contribution is 2.37. The SMILES string of the molecule is c1ccc(-c2ccc(-c3nc(-n4c5ccccc5n5c6cc(-n7c8ccccc8c8ccccc87)ccc6cc45)nc4ccccc34)cc2)cc1. The van der Waals surface area contributed by atoms with Crippen molar-refractivity contribution in [3.8, 4) is 34.0 Å². The molecule has 5 nitrogen and oxygen atoms in total. The zero-order chi connectivity index (χ0) is 33.5. The highest BCUT2D eigenvalue weighted by atomic mass is 15.2. The fourth-order valence-electron chi connectivity index (χ4n) is 7.94. The largest absolute Gasteiger partial charge is 0.309 e. The average Bonchev–Trinajstić information content (AvgIpc) is 3.84. The van der Waals surface area contributed by atoms with Gasteiger partial charge in [0.1, 0.15) is 5.65 Å².